The summed E-state index contributed by atoms with van der Waals surface area (Å²) in [5.74, 6) is -0.765. The van der Waals surface area contributed by atoms with Crippen molar-refractivity contribution in [3.8, 4) is 6.19 Å². The van der Waals surface area contributed by atoms with Gasteiger partial charge in [-0.15, -0.1) is 0 Å². The summed E-state index contributed by atoms with van der Waals surface area (Å²) >= 11 is 0. The number of hydrogen-bond donors (Lipinski definition) is 0. The lowest BCUT2D eigenvalue weighted by Gasteiger charge is -2.32. The van der Waals surface area contributed by atoms with Gasteiger partial charge in [0.2, 0.25) is 5.71 Å². The first-order valence-corrected chi connectivity index (χ1v) is 9.68. The zero-order valence-electron chi connectivity index (χ0n) is 16.9. The van der Waals surface area contributed by atoms with Crippen LogP contribution in [0.5, 0.6) is 0 Å². The van der Waals surface area contributed by atoms with E-state index in [2.05, 4.69) is 4.98 Å². The highest BCUT2D eigenvalue weighted by molar-refractivity contribution is 5.96. The maximum atomic E-state index is 12.8. The van der Waals surface area contributed by atoms with E-state index in [1.807, 2.05) is 27.0 Å². The number of aromatic nitrogens is 1. The van der Waals surface area contributed by atoms with E-state index >= 15 is 0 Å². The number of carbonyl (C=O) groups is 2. The number of hydrogen-bond acceptors (Lipinski definition) is 7. The molecule has 0 aliphatic heterocycles. The van der Waals surface area contributed by atoms with Crippen molar-refractivity contribution in [2.45, 2.75) is 64.2 Å². The zero-order valence-corrected chi connectivity index (χ0v) is 16.9. The minimum absolute atomic E-state index is 0.0928. The SMILES string of the molecule is CC(C)(C)OC(=O)CO[C@H]1CC[C@H](N(C#N)C(=O)c2cc3cccnc3o2)CC1. The average Bonchev–Trinajstić information content (AvgIpc) is 3.11. The van der Waals surface area contributed by atoms with Crippen LogP contribution in [0.25, 0.3) is 11.1 Å². The minimum Gasteiger partial charge on any atom is -0.458 e. The summed E-state index contributed by atoms with van der Waals surface area (Å²) in [6, 6.07) is 4.93. The number of rotatable bonds is 5. The largest absolute Gasteiger partial charge is 0.458 e. The van der Waals surface area contributed by atoms with Gasteiger partial charge in [0.15, 0.2) is 12.0 Å². The number of ether oxygens (including phenoxy) is 2. The molecule has 3 rings (SSSR count). The lowest BCUT2D eigenvalue weighted by molar-refractivity contribution is -0.163. The highest BCUT2D eigenvalue weighted by Gasteiger charge is 2.32. The molecule has 1 aliphatic rings. The van der Waals surface area contributed by atoms with Gasteiger partial charge in [-0.2, -0.15) is 5.26 Å². The molecule has 0 saturated heterocycles. The first-order chi connectivity index (χ1) is 13.8. The summed E-state index contributed by atoms with van der Waals surface area (Å²) in [6.45, 7) is 5.32. The fraction of sp³-hybridized carbons (Fsp3) is 0.524. The molecule has 1 aliphatic carbocycles. The molecule has 1 fully saturated rings. The number of nitriles is 1. The van der Waals surface area contributed by atoms with E-state index in [0.717, 1.165) is 0 Å². The van der Waals surface area contributed by atoms with Gasteiger partial charge in [-0.3, -0.25) is 4.79 Å². The van der Waals surface area contributed by atoms with E-state index in [0.29, 0.717) is 36.8 Å². The van der Waals surface area contributed by atoms with Crippen molar-refractivity contribution < 1.29 is 23.5 Å². The highest BCUT2D eigenvalue weighted by Crippen LogP contribution is 2.27. The Hall–Kier alpha value is -2.92. The molecule has 8 nitrogen and oxygen atoms in total. The molecule has 2 aromatic rings. The molecule has 0 atom stereocenters. The van der Waals surface area contributed by atoms with Crippen LogP contribution in [0.2, 0.25) is 0 Å². The molecular weight excluding hydrogens is 374 g/mol. The molecule has 1 amide bonds. The maximum absolute atomic E-state index is 12.8. The van der Waals surface area contributed by atoms with Crippen molar-refractivity contribution in [2.75, 3.05) is 6.61 Å². The Bertz CT molecular complexity index is 883. The van der Waals surface area contributed by atoms with Crippen LogP contribution < -0.4 is 0 Å². The van der Waals surface area contributed by atoms with Crippen LogP contribution >= 0.6 is 0 Å². The van der Waals surface area contributed by atoms with E-state index in [-0.39, 0.29) is 24.5 Å². The van der Waals surface area contributed by atoms with E-state index in [4.69, 9.17) is 13.9 Å². The molecule has 0 aromatic carbocycles. The second-order valence-electron chi connectivity index (χ2n) is 8.11. The predicted molar refractivity (Wildman–Crippen MR) is 104 cm³/mol. The lowest BCUT2D eigenvalue weighted by Crippen LogP contribution is -2.40. The molecule has 0 radical (unpaired) electrons. The zero-order chi connectivity index (χ0) is 21.0. The second-order valence-corrected chi connectivity index (χ2v) is 8.11. The maximum Gasteiger partial charge on any atom is 0.332 e. The summed E-state index contributed by atoms with van der Waals surface area (Å²) in [6.07, 6.45) is 6.01. The van der Waals surface area contributed by atoms with Crippen molar-refractivity contribution in [3.05, 3.63) is 30.2 Å². The van der Waals surface area contributed by atoms with Gasteiger partial charge in [-0.25, -0.2) is 14.7 Å². The normalized spacial score (nSPS) is 19.5. The molecular formula is C21H25N3O5. The van der Waals surface area contributed by atoms with Gasteiger partial charge in [0.05, 0.1) is 6.10 Å². The van der Waals surface area contributed by atoms with Gasteiger partial charge < -0.3 is 13.9 Å². The monoisotopic (exact) mass is 399 g/mol. The van der Waals surface area contributed by atoms with E-state index in [1.54, 1.807) is 24.4 Å². The predicted octanol–water partition coefficient (Wildman–Crippen LogP) is 3.42. The Morgan fingerprint density at radius 1 is 1.31 bits per heavy atom. The quantitative estimate of drug-likeness (QED) is 0.431. The number of fused-ring (bicyclic) bond motifs is 1. The summed E-state index contributed by atoms with van der Waals surface area (Å²) in [4.78, 5) is 29.8. The molecule has 1 saturated carbocycles. The Kier molecular flexibility index (Phi) is 6.18. The molecule has 2 heterocycles. The fourth-order valence-electron chi connectivity index (χ4n) is 3.42. The second kappa shape index (κ2) is 8.62. The number of amides is 1. The molecule has 154 valence electrons. The Balaban J connectivity index is 1.54. The molecule has 0 spiro atoms. The van der Waals surface area contributed by atoms with E-state index < -0.39 is 17.5 Å². The smallest absolute Gasteiger partial charge is 0.332 e. The fourth-order valence-corrected chi connectivity index (χ4v) is 3.42. The van der Waals surface area contributed by atoms with Gasteiger partial charge in [-0.1, -0.05) is 0 Å². The van der Waals surface area contributed by atoms with Gasteiger partial charge in [0.25, 0.3) is 0 Å². The van der Waals surface area contributed by atoms with Crippen molar-refractivity contribution in [1.29, 1.82) is 5.26 Å². The number of furan rings is 1. The third-order valence-corrected chi connectivity index (χ3v) is 4.70. The van der Waals surface area contributed by atoms with Gasteiger partial charge in [-0.05, 0) is 64.7 Å². The summed E-state index contributed by atoms with van der Waals surface area (Å²) < 4.78 is 16.4. The Morgan fingerprint density at radius 3 is 2.66 bits per heavy atom. The van der Waals surface area contributed by atoms with Crippen LogP contribution in [0.15, 0.2) is 28.8 Å². The van der Waals surface area contributed by atoms with Crippen LogP contribution in [0.4, 0.5) is 0 Å². The molecule has 8 heteroatoms. The lowest BCUT2D eigenvalue weighted by atomic mass is 9.92. The van der Waals surface area contributed by atoms with Crippen LogP contribution in [0, 0.1) is 11.5 Å². The number of pyridine rings is 1. The third-order valence-electron chi connectivity index (χ3n) is 4.70. The average molecular weight is 399 g/mol. The number of nitrogens with zero attached hydrogens (tertiary/aromatic N) is 3. The van der Waals surface area contributed by atoms with E-state index in [1.165, 1.54) is 4.90 Å². The number of esters is 1. The van der Waals surface area contributed by atoms with Crippen LogP contribution in [0.1, 0.15) is 57.0 Å². The summed E-state index contributed by atoms with van der Waals surface area (Å²) in [7, 11) is 0. The standard InChI is InChI=1S/C21H25N3O5/c1-21(2,3)29-18(25)12-27-16-8-6-15(7-9-16)24(13-22)20(26)17-11-14-5-4-10-23-19(14)28-17/h4-5,10-11,15-16H,6-9,12H2,1-3H3/t15-,16-. The molecule has 0 N–H and O–H groups in total. The molecule has 29 heavy (non-hydrogen) atoms. The van der Waals surface area contributed by atoms with Crippen molar-refractivity contribution in [3.63, 3.8) is 0 Å². The Labute approximate surface area is 169 Å². The van der Waals surface area contributed by atoms with Crippen LogP contribution in [-0.4, -0.2) is 46.1 Å². The van der Waals surface area contributed by atoms with Crippen molar-refractivity contribution >= 4 is 23.0 Å². The first-order valence-electron chi connectivity index (χ1n) is 9.68. The molecule has 0 bridgehead atoms. The van der Waals surface area contributed by atoms with E-state index in [9.17, 15) is 14.9 Å². The first kappa shape index (κ1) is 20.8. The van der Waals surface area contributed by atoms with Gasteiger partial charge >= 0.3 is 11.9 Å². The molecule has 2 aromatic heterocycles. The van der Waals surface area contributed by atoms with Crippen molar-refractivity contribution in [1.82, 2.24) is 9.88 Å². The summed E-state index contributed by atoms with van der Waals surface area (Å²) in [5.41, 5.74) is -0.175. The Morgan fingerprint density at radius 2 is 2.03 bits per heavy atom. The van der Waals surface area contributed by atoms with Crippen LogP contribution in [-0.2, 0) is 14.3 Å². The number of carbonyl (C=O) groups excluding carboxylic acids is 2. The van der Waals surface area contributed by atoms with Crippen LogP contribution in [0.3, 0.4) is 0 Å². The molecule has 0 unspecified atom stereocenters. The van der Waals surface area contributed by atoms with Gasteiger partial charge in [0.1, 0.15) is 12.2 Å². The summed E-state index contributed by atoms with van der Waals surface area (Å²) in [5, 5.41) is 10.3. The minimum atomic E-state index is -0.544. The third kappa shape index (κ3) is 5.33. The topological polar surface area (TPSA) is 106 Å². The highest BCUT2D eigenvalue weighted by atomic mass is 16.6. The van der Waals surface area contributed by atoms with Gasteiger partial charge in [0, 0.05) is 17.6 Å². The van der Waals surface area contributed by atoms with Crippen molar-refractivity contribution in [2.24, 2.45) is 0 Å².